The van der Waals surface area contributed by atoms with Crippen molar-refractivity contribution in [2.24, 2.45) is 5.92 Å². The molecule has 1 aromatic rings. The lowest BCUT2D eigenvalue weighted by Crippen LogP contribution is -2.09. The number of hydrogen-bond acceptors (Lipinski definition) is 1. The fourth-order valence-corrected chi connectivity index (χ4v) is 2.00. The van der Waals surface area contributed by atoms with Crippen LogP contribution < -0.4 is 4.74 Å². The van der Waals surface area contributed by atoms with Crippen LogP contribution in [-0.4, -0.2) is 6.61 Å². The van der Waals surface area contributed by atoms with Crippen LogP contribution in [0.2, 0.25) is 0 Å². The topological polar surface area (TPSA) is 9.23 Å². The lowest BCUT2D eigenvalue weighted by atomic mass is 10.1. The summed E-state index contributed by atoms with van der Waals surface area (Å²) >= 11 is 0. The molecule has 0 atom stereocenters. The Morgan fingerprint density at radius 1 is 1.00 bits per heavy atom. The van der Waals surface area contributed by atoms with Gasteiger partial charge in [-0.25, -0.2) is 13.2 Å². The molecule has 2 rings (SSSR count). The fourth-order valence-electron chi connectivity index (χ4n) is 2.00. The predicted molar refractivity (Wildman–Crippen MR) is 53.8 cm³/mol. The molecule has 4 heteroatoms. The molecule has 1 nitrogen and oxygen atoms in total. The number of benzene rings is 1. The molecule has 0 aromatic heterocycles. The van der Waals surface area contributed by atoms with E-state index >= 15 is 0 Å². The highest BCUT2D eigenvalue weighted by Gasteiger charge is 2.17. The van der Waals surface area contributed by atoms with Gasteiger partial charge in [0.2, 0.25) is 0 Å². The molecule has 0 amide bonds. The van der Waals surface area contributed by atoms with Crippen molar-refractivity contribution in [3.8, 4) is 5.75 Å². The molecule has 0 unspecified atom stereocenters. The van der Waals surface area contributed by atoms with E-state index in [-0.39, 0.29) is 5.75 Å². The highest BCUT2D eigenvalue weighted by atomic mass is 19.2. The van der Waals surface area contributed by atoms with Crippen LogP contribution in [0.5, 0.6) is 5.75 Å². The van der Waals surface area contributed by atoms with Gasteiger partial charge in [-0.15, -0.1) is 0 Å². The molecule has 1 aromatic carbocycles. The van der Waals surface area contributed by atoms with Crippen molar-refractivity contribution in [1.82, 2.24) is 0 Å². The first kappa shape index (κ1) is 11.3. The quantitative estimate of drug-likeness (QED) is 0.720. The summed E-state index contributed by atoms with van der Waals surface area (Å²) in [5, 5.41) is 0. The second-order valence-corrected chi connectivity index (χ2v) is 4.16. The average molecular weight is 230 g/mol. The van der Waals surface area contributed by atoms with E-state index in [0.29, 0.717) is 18.6 Å². The van der Waals surface area contributed by atoms with Crippen molar-refractivity contribution in [3.05, 3.63) is 29.6 Å². The minimum absolute atomic E-state index is 0.203. The monoisotopic (exact) mass is 230 g/mol. The van der Waals surface area contributed by atoms with Gasteiger partial charge in [-0.1, -0.05) is 12.8 Å². The SMILES string of the molecule is Fc1cc(F)c(OCC2CCCC2)cc1F. The smallest absolute Gasteiger partial charge is 0.168 e. The summed E-state index contributed by atoms with van der Waals surface area (Å²) < 4.78 is 43.8. The van der Waals surface area contributed by atoms with E-state index in [1.54, 1.807) is 0 Å². The van der Waals surface area contributed by atoms with Crippen molar-refractivity contribution in [2.45, 2.75) is 25.7 Å². The van der Waals surface area contributed by atoms with E-state index in [4.69, 9.17) is 4.74 Å². The largest absolute Gasteiger partial charge is 0.490 e. The second-order valence-electron chi connectivity index (χ2n) is 4.16. The van der Waals surface area contributed by atoms with E-state index < -0.39 is 17.5 Å². The molecule has 1 saturated carbocycles. The molecule has 0 aliphatic heterocycles. The summed E-state index contributed by atoms with van der Waals surface area (Å²) in [7, 11) is 0. The number of rotatable bonds is 3. The van der Waals surface area contributed by atoms with Gasteiger partial charge in [-0.3, -0.25) is 0 Å². The first-order chi connectivity index (χ1) is 7.66. The van der Waals surface area contributed by atoms with Crippen molar-refractivity contribution in [2.75, 3.05) is 6.61 Å². The van der Waals surface area contributed by atoms with Crippen LogP contribution in [0.1, 0.15) is 25.7 Å². The van der Waals surface area contributed by atoms with Gasteiger partial charge < -0.3 is 4.74 Å². The average Bonchev–Trinajstić information content (AvgIpc) is 2.74. The van der Waals surface area contributed by atoms with Crippen LogP contribution in [0.15, 0.2) is 12.1 Å². The number of ether oxygens (including phenoxy) is 1. The molecule has 0 saturated heterocycles. The van der Waals surface area contributed by atoms with E-state index in [0.717, 1.165) is 31.7 Å². The maximum absolute atomic E-state index is 13.2. The Hall–Kier alpha value is -1.19. The third-order valence-corrected chi connectivity index (χ3v) is 2.92. The molecular weight excluding hydrogens is 217 g/mol. The van der Waals surface area contributed by atoms with Crippen LogP contribution in [0.25, 0.3) is 0 Å². The molecule has 1 aliphatic rings. The fraction of sp³-hybridized carbons (Fsp3) is 0.500. The molecule has 1 fully saturated rings. The molecule has 0 spiro atoms. The Bertz CT molecular complexity index is 373. The van der Waals surface area contributed by atoms with Gasteiger partial charge in [-0.05, 0) is 18.8 Å². The minimum Gasteiger partial charge on any atom is -0.490 e. The van der Waals surface area contributed by atoms with Gasteiger partial charge in [0.15, 0.2) is 23.2 Å². The Morgan fingerprint density at radius 2 is 1.62 bits per heavy atom. The summed E-state index contributed by atoms with van der Waals surface area (Å²) in [6.07, 6.45) is 4.44. The minimum atomic E-state index is -1.19. The molecular formula is C12H13F3O. The van der Waals surface area contributed by atoms with Gasteiger partial charge >= 0.3 is 0 Å². The summed E-state index contributed by atoms with van der Waals surface area (Å²) in [6.45, 7) is 0.377. The van der Waals surface area contributed by atoms with Crippen molar-refractivity contribution >= 4 is 0 Å². The lowest BCUT2D eigenvalue weighted by molar-refractivity contribution is 0.240. The highest BCUT2D eigenvalue weighted by Crippen LogP contribution is 2.27. The summed E-state index contributed by atoms with van der Waals surface area (Å²) in [4.78, 5) is 0. The van der Waals surface area contributed by atoms with Crippen molar-refractivity contribution < 1.29 is 17.9 Å². The summed E-state index contributed by atoms with van der Waals surface area (Å²) in [5.41, 5.74) is 0. The normalized spacial score (nSPS) is 16.7. The Labute approximate surface area is 92.2 Å². The standard InChI is InChI=1S/C12H13F3O/c13-9-5-11(15)12(6-10(9)14)16-7-8-3-1-2-4-8/h5-6,8H,1-4,7H2. The highest BCUT2D eigenvalue weighted by molar-refractivity contribution is 5.25. The third-order valence-electron chi connectivity index (χ3n) is 2.92. The molecule has 0 N–H and O–H groups in total. The van der Waals surface area contributed by atoms with Crippen LogP contribution in [0, 0.1) is 23.4 Å². The van der Waals surface area contributed by atoms with Crippen LogP contribution >= 0.6 is 0 Å². The molecule has 0 bridgehead atoms. The van der Waals surface area contributed by atoms with Crippen LogP contribution in [-0.2, 0) is 0 Å². The van der Waals surface area contributed by atoms with Gasteiger partial charge in [0.1, 0.15) is 0 Å². The number of hydrogen-bond donors (Lipinski definition) is 0. The Balaban J connectivity index is 2.00. The second kappa shape index (κ2) is 4.76. The lowest BCUT2D eigenvalue weighted by Gasteiger charge is -2.12. The maximum Gasteiger partial charge on any atom is 0.168 e. The summed E-state index contributed by atoms with van der Waals surface area (Å²) in [5.74, 6) is -2.91. The zero-order valence-corrected chi connectivity index (χ0v) is 8.81. The zero-order chi connectivity index (χ0) is 11.5. The van der Waals surface area contributed by atoms with Crippen LogP contribution in [0.3, 0.4) is 0 Å². The van der Waals surface area contributed by atoms with Crippen molar-refractivity contribution in [3.63, 3.8) is 0 Å². The van der Waals surface area contributed by atoms with E-state index in [2.05, 4.69) is 0 Å². The van der Waals surface area contributed by atoms with Gasteiger partial charge in [0.05, 0.1) is 6.61 Å². The first-order valence-corrected chi connectivity index (χ1v) is 5.44. The van der Waals surface area contributed by atoms with Gasteiger partial charge in [-0.2, -0.15) is 0 Å². The first-order valence-electron chi connectivity index (χ1n) is 5.44. The molecule has 16 heavy (non-hydrogen) atoms. The molecule has 0 heterocycles. The number of halogens is 3. The molecule has 88 valence electrons. The predicted octanol–water partition coefficient (Wildman–Crippen LogP) is 3.67. The maximum atomic E-state index is 13.2. The van der Waals surface area contributed by atoms with Crippen LogP contribution in [0.4, 0.5) is 13.2 Å². The van der Waals surface area contributed by atoms with E-state index in [1.165, 1.54) is 0 Å². The summed E-state index contributed by atoms with van der Waals surface area (Å²) in [6, 6.07) is 1.28. The Morgan fingerprint density at radius 3 is 2.31 bits per heavy atom. The van der Waals surface area contributed by atoms with E-state index in [9.17, 15) is 13.2 Å². The van der Waals surface area contributed by atoms with Gasteiger partial charge in [0.25, 0.3) is 0 Å². The molecule has 0 radical (unpaired) electrons. The zero-order valence-electron chi connectivity index (χ0n) is 8.81. The third kappa shape index (κ3) is 2.49. The van der Waals surface area contributed by atoms with Crippen molar-refractivity contribution in [1.29, 1.82) is 0 Å². The Kier molecular flexibility index (Phi) is 3.36. The van der Waals surface area contributed by atoms with E-state index in [1.807, 2.05) is 0 Å². The van der Waals surface area contributed by atoms with Gasteiger partial charge in [0, 0.05) is 12.1 Å². The molecule has 1 aliphatic carbocycles.